The van der Waals surface area contributed by atoms with Gasteiger partial charge in [0.2, 0.25) is 17.7 Å². The van der Waals surface area contributed by atoms with Crippen LogP contribution in [0.2, 0.25) is 10.0 Å². The van der Waals surface area contributed by atoms with E-state index in [1.54, 1.807) is 19.5 Å². The van der Waals surface area contributed by atoms with E-state index in [2.05, 4.69) is 20.3 Å². The fraction of sp³-hybridized carbons (Fsp3) is 0.432. The van der Waals surface area contributed by atoms with Crippen molar-refractivity contribution in [3.05, 3.63) is 70.2 Å². The van der Waals surface area contributed by atoms with Crippen molar-refractivity contribution >= 4 is 29.1 Å². The second-order valence-electron chi connectivity index (χ2n) is 14.0. The molecule has 10 nitrogen and oxygen atoms in total. The predicted molar refractivity (Wildman–Crippen MR) is 189 cm³/mol. The normalized spacial score (nSPS) is 19.2. The number of ether oxygens (including phenoxy) is 2. The molecule has 3 fully saturated rings. The summed E-state index contributed by atoms with van der Waals surface area (Å²) in [4.78, 5) is 32.2. The molecule has 1 saturated carbocycles. The summed E-state index contributed by atoms with van der Waals surface area (Å²) in [6, 6.07) is 11.3. The molecule has 3 aliphatic rings. The molecular formula is C37H37Cl2F3N6O4. The van der Waals surface area contributed by atoms with E-state index in [0.717, 1.165) is 25.0 Å². The highest BCUT2D eigenvalue weighted by molar-refractivity contribution is 6.39. The summed E-state index contributed by atoms with van der Waals surface area (Å²) in [5, 5.41) is 13.7. The third kappa shape index (κ3) is 6.91. The molecule has 1 aliphatic carbocycles. The number of nitrogens with zero attached hydrogens (tertiary/aromatic N) is 5. The first-order chi connectivity index (χ1) is 24.8. The molecule has 0 bridgehead atoms. The van der Waals surface area contributed by atoms with Crippen LogP contribution in [0.5, 0.6) is 11.8 Å². The lowest BCUT2D eigenvalue weighted by Crippen LogP contribution is -2.71. The number of aliphatic hydroxyl groups is 1. The van der Waals surface area contributed by atoms with Crippen molar-refractivity contribution in [2.75, 3.05) is 27.3 Å². The molecule has 1 atom stereocenters. The number of carbonyl (C=O) groups is 1. The minimum Gasteiger partial charge on any atom is -0.480 e. The van der Waals surface area contributed by atoms with Gasteiger partial charge in [0.25, 0.3) is 0 Å². The zero-order chi connectivity index (χ0) is 36.8. The van der Waals surface area contributed by atoms with Crippen LogP contribution < -0.4 is 14.8 Å². The second-order valence-corrected chi connectivity index (χ2v) is 14.7. The fourth-order valence-electron chi connectivity index (χ4n) is 7.78. The lowest BCUT2D eigenvalue weighted by Gasteiger charge is -2.62. The van der Waals surface area contributed by atoms with Gasteiger partial charge >= 0.3 is 6.18 Å². The molecule has 274 valence electrons. The quantitative estimate of drug-likeness (QED) is 0.165. The Morgan fingerprint density at radius 2 is 1.44 bits per heavy atom. The first kappa shape index (κ1) is 36.3. The zero-order valence-corrected chi connectivity index (χ0v) is 30.1. The van der Waals surface area contributed by atoms with Crippen LogP contribution in [0.3, 0.4) is 0 Å². The van der Waals surface area contributed by atoms with E-state index < -0.39 is 17.2 Å². The van der Waals surface area contributed by atoms with E-state index in [9.17, 15) is 23.1 Å². The van der Waals surface area contributed by atoms with Gasteiger partial charge in [-0.1, -0.05) is 59.6 Å². The van der Waals surface area contributed by atoms with Crippen LogP contribution in [0.4, 0.5) is 13.2 Å². The maximum absolute atomic E-state index is 13.1. The highest BCUT2D eigenvalue weighted by Gasteiger charge is 2.69. The van der Waals surface area contributed by atoms with Crippen LogP contribution in [0.25, 0.3) is 33.6 Å². The Balaban J connectivity index is 1.07. The molecular weight excluding hydrogens is 720 g/mol. The number of amides is 1. The Labute approximate surface area is 308 Å². The summed E-state index contributed by atoms with van der Waals surface area (Å²) < 4.78 is 50.6. The van der Waals surface area contributed by atoms with Crippen molar-refractivity contribution in [3.8, 4) is 45.4 Å². The standard InChI is InChI=1S/C37H37Cl2F3N6O4/c1-51-33-26(11-3-6-21-12-13-30(49)45-21)43-14-27(46-33)24-9-4-7-22(31(24)38)23-8-5-10-25(32(23)39)28-15-44-29(34(47-28)52-2)16-48-19-35(20-48)17-36(50,18-35)37(40,41)42/h4-5,7-10,14-15,21,50H,3,6,11-13,16-20H2,1-2H3,(H,45,49)/t21-/m1/s1. The molecule has 15 heteroatoms. The number of carbonyl (C=O) groups excluding carboxylic acids is 1. The van der Waals surface area contributed by atoms with Crippen molar-refractivity contribution in [2.24, 2.45) is 5.41 Å². The number of nitrogens with one attached hydrogen (secondary N) is 1. The van der Waals surface area contributed by atoms with Gasteiger partial charge in [-0.3, -0.25) is 19.7 Å². The fourth-order valence-corrected chi connectivity index (χ4v) is 8.43. The van der Waals surface area contributed by atoms with Crippen LogP contribution in [-0.2, 0) is 17.8 Å². The molecule has 0 unspecified atom stereocenters. The monoisotopic (exact) mass is 756 g/mol. The van der Waals surface area contributed by atoms with Crippen LogP contribution in [0, 0.1) is 5.41 Å². The van der Waals surface area contributed by atoms with E-state index in [1.807, 2.05) is 41.3 Å². The van der Waals surface area contributed by atoms with Gasteiger partial charge in [0, 0.05) is 59.8 Å². The molecule has 2 aliphatic heterocycles. The molecule has 0 radical (unpaired) electrons. The van der Waals surface area contributed by atoms with Crippen molar-refractivity contribution < 1.29 is 32.5 Å². The van der Waals surface area contributed by atoms with E-state index in [1.165, 1.54) is 7.11 Å². The molecule has 4 aromatic rings. The Bertz CT molecular complexity index is 2000. The van der Waals surface area contributed by atoms with Crippen LogP contribution in [0.15, 0.2) is 48.8 Å². The summed E-state index contributed by atoms with van der Waals surface area (Å²) in [6.07, 6.45) is 1.84. The zero-order valence-electron chi connectivity index (χ0n) is 28.6. The largest absolute Gasteiger partial charge is 0.480 e. The average molecular weight is 758 g/mol. The van der Waals surface area contributed by atoms with E-state index in [4.69, 9.17) is 37.7 Å². The summed E-state index contributed by atoms with van der Waals surface area (Å²) in [6.45, 7) is 1.20. The van der Waals surface area contributed by atoms with Gasteiger partial charge in [-0.25, -0.2) is 9.97 Å². The number of alkyl halides is 3. The van der Waals surface area contributed by atoms with Crippen molar-refractivity contribution in [1.29, 1.82) is 0 Å². The van der Waals surface area contributed by atoms with Crippen LogP contribution >= 0.6 is 23.2 Å². The van der Waals surface area contributed by atoms with E-state index in [-0.39, 0.29) is 30.7 Å². The van der Waals surface area contributed by atoms with Crippen molar-refractivity contribution in [2.45, 2.75) is 69.3 Å². The Kier molecular flexibility index (Phi) is 9.83. The molecule has 2 N–H and O–H groups in total. The van der Waals surface area contributed by atoms with Gasteiger partial charge in [-0.15, -0.1) is 0 Å². The van der Waals surface area contributed by atoms with Gasteiger partial charge in [0.05, 0.1) is 48.0 Å². The Morgan fingerprint density at radius 3 is 1.96 bits per heavy atom. The number of methoxy groups -OCH3 is 2. The second kappa shape index (κ2) is 14.1. The average Bonchev–Trinajstić information content (AvgIpc) is 3.51. The third-order valence-corrected chi connectivity index (χ3v) is 11.1. The number of likely N-dealkylation sites (tertiary alicyclic amines) is 1. The third-order valence-electron chi connectivity index (χ3n) is 10.3. The van der Waals surface area contributed by atoms with Gasteiger partial charge in [-0.05, 0) is 38.5 Å². The molecule has 1 spiro atoms. The molecule has 52 heavy (non-hydrogen) atoms. The molecule has 7 rings (SSSR count). The maximum atomic E-state index is 13.1. The van der Waals surface area contributed by atoms with Crippen molar-refractivity contribution in [3.63, 3.8) is 0 Å². The predicted octanol–water partition coefficient (Wildman–Crippen LogP) is 7.08. The molecule has 2 saturated heterocycles. The summed E-state index contributed by atoms with van der Waals surface area (Å²) in [5.74, 6) is 0.793. The number of halogens is 5. The maximum Gasteiger partial charge on any atom is 0.417 e. The Morgan fingerprint density at radius 1 is 0.904 bits per heavy atom. The topological polar surface area (TPSA) is 123 Å². The molecule has 4 heterocycles. The van der Waals surface area contributed by atoms with E-state index >= 15 is 0 Å². The molecule has 2 aromatic carbocycles. The first-order valence-corrected chi connectivity index (χ1v) is 17.8. The number of aryl methyl sites for hydroxylation is 1. The SMILES string of the molecule is COc1nc(-c2cccc(-c3cccc(-c4cnc(CN5CC6(C5)CC(O)(C(F)(F)F)C6)c(OC)n4)c3Cl)c2Cl)cnc1CCC[C@@H]1CCC(=O)N1. The van der Waals surface area contributed by atoms with E-state index in [0.29, 0.717) is 87.7 Å². The lowest BCUT2D eigenvalue weighted by molar-refractivity contribution is -0.332. The lowest BCUT2D eigenvalue weighted by atomic mass is 9.55. The van der Waals surface area contributed by atoms with Crippen molar-refractivity contribution in [1.82, 2.24) is 30.2 Å². The summed E-state index contributed by atoms with van der Waals surface area (Å²) in [5.41, 5.74) is 1.74. The number of aromatic nitrogens is 4. The summed E-state index contributed by atoms with van der Waals surface area (Å²) >= 11 is 14.1. The highest BCUT2D eigenvalue weighted by atomic mass is 35.5. The first-order valence-electron chi connectivity index (χ1n) is 17.0. The number of hydrogen-bond donors (Lipinski definition) is 2. The van der Waals surface area contributed by atoms with Gasteiger partial charge in [0.1, 0.15) is 11.4 Å². The van der Waals surface area contributed by atoms with Gasteiger partial charge in [0.15, 0.2) is 5.60 Å². The summed E-state index contributed by atoms with van der Waals surface area (Å²) in [7, 11) is 3.04. The van der Waals surface area contributed by atoms with Crippen LogP contribution in [-0.4, -0.2) is 81.0 Å². The smallest absolute Gasteiger partial charge is 0.417 e. The highest BCUT2D eigenvalue weighted by Crippen LogP contribution is 2.59. The minimum atomic E-state index is -4.62. The van der Waals surface area contributed by atoms with Crippen LogP contribution in [0.1, 0.15) is 49.9 Å². The molecule has 1 amide bonds. The number of benzene rings is 2. The number of hydrogen-bond acceptors (Lipinski definition) is 9. The van der Waals surface area contributed by atoms with Gasteiger partial charge < -0.3 is 19.9 Å². The Hall–Kier alpha value is -4.04. The number of rotatable bonds is 11. The molecule has 2 aromatic heterocycles. The minimum absolute atomic E-state index is 0.101. The van der Waals surface area contributed by atoms with Gasteiger partial charge in [-0.2, -0.15) is 13.2 Å².